The van der Waals surface area contributed by atoms with Gasteiger partial charge < -0.3 is 9.47 Å². The van der Waals surface area contributed by atoms with Crippen LogP contribution >= 0.6 is 11.6 Å². The van der Waals surface area contributed by atoms with E-state index in [4.69, 9.17) is 21.1 Å². The number of carbonyl (C=O) groups is 1. The number of aromatic nitrogens is 1. The number of hydrogen-bond acceptors (Lipinski definition) is 4. The minimum Gasteiger partial charge on any atom is -0.381 e. The molecule has 132 valence electrons. The summed E-state index contributed by atoms with van der Waals surface area (Å²) < 4.78 is 11.3. The number of nitrogens with zero attached hydrogens (tertiary/aromatic N) is 2. The highest BCUT2D eigenvalue weighted by molar-refractivity contribution is 6.76. The number of halogens is 1. The van der Waals surface area contributed by atoms with Crippen LogP contribution in [0.3, 0.4) is 0 Å². The van der Waals surface area contributed by atoms with Crippen molar-refractivity contribution in [3.8, 4) is 0 Å². The maximum absolute atomic E-state index is 13.2. The van der Waals surface area contributed by atoms with E-state index in [0.29, 0.717) is 43.6 Å². The Labute approximate surface area is 149 Å². The van der Waals surface area contributed by atoms with Crippen molar-refractivity contribution in [3.63, 3.8) is 0 Å². The average Bonchev–Trinajstić information content (AvgIpc) is 2.73. The van der Waals surface area contributed by atoms with Gasteiger partial charge in [-0.05, 0) is 25.0 Å². The van der Waals surface area contributed by atoms with Crippen molar-refractivity contribution in [1.29, 1.82) is 0 Å². The lowest BCUT2D eigenvalue weighted by Crippen LogP contribution is -2.45. The lowest BCUT2D eigenvalue weighted by molar-refractivity contribution is -0.127. The molecule has 0 radical (unpaired) electrons. The van der Waals surface area contributed by atoms with E-state index < -0.39 is 13.5 Å². The van der Waals surface area contributed by atoms with E-state index in [1.807, 2.05) is 6.07 Å². The Kier molecular flexibility index (Phi) is 5.02. The molecule has 1 aromatic heterocycles. The first kappa shape index (κ1) is 17.9. The maximum atomic E-state index is 13.2. The highest BCUT2D eigenvalue weighted by atomic mass is 35.5. The van der Waals surface area contributed by atoms with Gasteiger partial charge in [-0.3, -0.25) is 9.69 Å². The Bertz CT molecular complexity index is 627. The zero-order chi connectivity index (χ0) is 17.4. The largest absolute Gasteiger partial charge is 0.381 e. The van der Waals surface area contributed by atoms with Gasteiger partial charge in [0.25, 0.3) is 0 Å². The summed E-state index contributed by atoms with van der Waals surface area (Å²) in [5.74, 6) is 0.728. The summed E-state index contributed by atoms with van der Waals surface area (Å²) in [6.07, 6.45) is 1.38. The van der Waals surface area contributed by atoms with Crippen LogP contribution in [0.4, 0.5) is 5.82 Å². The van der Waals surface area contributed by atoms with Crippen LogP contribution in [0.2, 0.25) is 30.8 Å². The number of carbonyl (C=O) groups excluding carboxylic acids is 1. The standard InChI is InChI=1S/C17H25ClN2O3Si/c1-24(2,3)11-10-23-12-20-15-13(4-5-14(18)19-15)17(16(20)21)6-8-22-9-7-17/h4-5H,6-12H2,1-3H3. The van der Waals surface area contributed by atoms with Crippen LogP contribution < -0.4 is 4.90 Å². The Morgan fingerprint density at radius 2 is 2.04 bits per heavy atom. The summed E-state index contributed by atoms with van der Waals surface area (Å²) in [6, 6.07) is 4.78. The van der Waals surface area contributed by atoms with Gasteiger partial charge in [-0.25, -0.2) is 4.98 Å². The van der Waals surface area contributed by atoms with E-state index in [2.05, 4.69) is 24.6 Å². The molecule has 0 N–H and O–H groups in total. The van der Waals surface area contributed by atoms with E-state index in [1.54, 1.807) is 11.0 Å². The number of anilines is 1. The zero-order valence-electron chi connectivity index (χ0n) is 14.6. The van der Waals surface area contributed by atoms with Crippen molar-refractivity contribution >= 4 is 31.4 Å². The molecule has 1 spiro atoms. The van der Waals surface area contributed by atoms with Gasteiger partial charge in [-0.2, -0.15) is 0 Å². The van der Waals surface area contributed by atoms with Crippen LogP contribution in [0.25, 0.3) is 0 Å². The molecule has 24 heavy (non-hydrogen) atoms. The molecule has 2 aliphatic heterocycles. The van der Waals surface area contributed by atoms with Crippen molar-refractivity contribution in [1.82, 2.24) is 4.98 Å². The number of ether oxygens (including phenoxy) is 2. The molecular weight excluding hydrogens is 344 g/mol. The van der Waals surface area contributed by atoms with Crippen molar-refractivity contribution in [2.45, 2.75) is 43.9 Å². The van der Waals surface area contributed by atoms with Crippen molar-refractivity contribution < 1.29 is 14.3 Å². The van der Waals surface area contributed by atoms with E-state index in [1.165, 1.54) is 0 Å². The summed E-state index contributed by atoms with van der Waals surface area (Å²) >= 11 is 6.08. The lowest BCUT2D eigenvalue weighted by Gasteiger charge is -2.32. The molecule has 1 aromatic rings. The van der Waals surface area contributed by atoms with E-state index in [-0.39, 0.29) is 12.6 Å². The molecule has 2 aliphatic rings. The van der Waals surface area contributed by atoms with Crippen LogP contribution in [0, 0.1) is 0 Å². The lowest BCUT2D eigenvalue weighted by atomic mass is 9.76. The van der Waals surface area contributed by atoms with Crippen molar-refractivity contribution in [2.24, 2.45) is 0 Å². The summed E-state index contributed by atoms with van der Waals surface area (Å²) in [5, 5.41) is 0.401. The minimum absolute atomic E-state index is 0.0728. The second kappa shape index (κ2) is 6.75. The van der Waals surface area contributed by atoms with Crippen LogP contribution in [-0.2, 0) is 19.7 Å². The number of hydrogen-bond donors (Lipinski definition) is 0. The fraction of sp³-hybridized carbons (Fsp3) is 0.647. The molecular formula is C17H25ClN2O3Si. The molecule has 0 bridgehead atoms. The van der Waals surface area contributed by atoms with Gasteiger partial charge in [0, 0.05) is 33.5 Å². The quantitative estimate of drug-likeness (QED) is 0.454. The first-order valence-electron chi connectivity index (χ1n) is 8.48. The molecule has 1 fully saturated rings. The van der Waals surface area contributed by atoms with Crippen LogP contribution in [-0.4, -0.2) is 45.5 Å². The smallest absolute Gasteiger partial charge is 0.241 e. The monoisotopic (exact) mass is 368 g/mol. The third kappa shape index (κ3) is 3.38. The summed E-state index contributed by atoms with van der Waals surface area (Å²) in [5.41, 5.74) is 0.446. The van der Waals surface area contributed by atoms with Gasteiger partial charge in [0.2, 0.25) is 5.91 Å². The number of rotatable bonds is 5. The van der Waals surface area contributed by atoms with Crippen molar-refractivity contribution in [2.75, 3.05) is 31.5 Å². The predicted molar refractivity (Wildman–Crippen MR) is 97.4 cm³/mol. The van der Waals surface area contributed by atoms with Gasteiger partial charge in [-0.15, -0.1) is 0 Å². The van der Waals surface area contributed by atoms with Crippen LogP contribution in [0.15, 0.2) is 12.1 Å². The molecule has 7 heteroatoms. The fourth-order valence-electron chi connectivity index (χ4n) is 3.33. The highest BCUT2D eigenvalue weighted by Gasteiger charge is 2.52. The van der Waals surface area contributed by atoms with Gasteiger partial charge in [0.1, 0.15) is 17.7 Å². The van der Waals surface area contributed by atoms with Gasteiger partial charge in [0.15, 0.2) is 0 Å². The minimum atomic E-state index is -1.15. The molecule has 0 unspecified atom stereocenters. The Balaban J connectivity index is 1.80. The van der Waals surface area contributed by atoms with E-state index in [9.17, 15) is 4.79 Å². The SMILES string of the molecule is C[Si](C)(C)CCOCN1C(=O)C2(CCOCC2)c2ccc(Cl)nc21. The molecule has 0 aliphatic carbocycles. The molecule has 0 atom stereocenters. The second-order valence-electron chi connectivity index (χ2n) is 7.78. The van der Waals surface area contributed by atoms with Gasteiger partial charge >= 0.3 is 0 Å². The first-order chi connectivity index (χ1) is 11.3. The molecule has 3 rings (SSSR count). The zero-order valence-corrected chi connectivity index (χ0v) is 16.4. The van der Waals surface area contributed by atoms with E-state index >= 15 is 0 Å². The Morgan fingerprint density at radius 3 is 2.71 bits per heavy atom. The summed E-state index contributed by atoms with van der Waals surface area (Å²) in [6.45, 7) is 9.04. The third-order valence-corrected chi connectivity index (χ3v) is 6.74. The Hall–Kier alpha value is -0.953. The topological polar surface area (TPSA) is 51.7 Å². The summed E-state index contributed by atoms with van der Waals surface area (Å²) in [4.78, 5) is 19.2. The Morgan fingerprint density at radius 1 is 1.33 bits per heavy atom. The third-order valence-electron chi connectivity index (χ3n) is 4.83. The normalized spacial score (nSPS) is 19.8. The molecule has 0 aromatic carbocycles. The summed E-state index contributed by atoms with van der Waals surface area (Å²) in [7, 11) is -1.15. The van der Waals surface area contributed by atoms with Crippen LogP contribution in [0.1, 0.15) is 18.4 Å². The maximum Gasteiger partial charge on any atom is 0.241 e. The highest BCUT2D eigenvalue weighted by Crippen LogP contribution is 2.47. The fourth-order valence-corrected chi connectivity index (χ4v) is 4.23. The predicted octanol–water partition coefficient (Wildman–Crippen LogP) is 3.44. The van der Waals surface area contributed by atoms with Crippen LogP contribution in [0.5, 0.6) is 0 Å². The molecule has 1 amide bonds. The second-order valence-corrected chi connectivity index (χ2v) is 13.8. The number of fused-ring (bicyclic) bond motifs is 2. The average molecular weight is 369 g/mol. The van der Waals surface area contributed by atoms with Crippen molar-refractivity contribution in [3.05, 3.63) is 22.8 Å². The molecule has 1 saturated heterocycles. The number of pyridine rings is 1. The number of amides is 1. The van der Waals surface area contributed by atoms with Gasteiger partial charge in [-0.1, -0.05) is 37.3 Å². The van der Waals surface area contributed by atoms with Gasteiger partial charge in [0.05, 0.1) is 5.41 Å². The molecule has 5 nitrogen and oxygen atoms in total. The van der Waals surface area contributed by atoms with E-state index in [0.717, 1.165) is 11.6 Å². The molecule has 0 saturated carbocycles. The first-order valence-corrected chi connectivity index (χ1v) is 12.6. The molecule has 3 heterocycles.